The quantitative estimate of drug-likeness (QED) is 0.623. The van der Waals surface area contributed by atoms with Crippen LogP contribution in [0.5, 0.6) is 0 Å². The molecule has 1 rings (SSSR count). The van der Waals surface area contributed by atoms with Crippen molar-refractivity contribution in [1.82, 2.24) is 5.32 Å². The molecule has 140 valence electrons. The maximum absolute atomic E-state index is 12.3. The minimum atomic E-state index is -3.06. The maximum Gasteiger partial charge on any atom is 0.345 e. The lowest BCUT2D eigenvalue weighted by Crippen LogP contribution is -2.51. The molecule has 0 aromatic heterocycles. The van der Waals surface area contributed by atoms with Crippen molar-refractivity contribution in [3.63, 3.8) is 0 Å². The molecule has 1 amide bonds. The van der Waals surface area contributed by atoms with Crippen LogP contribution in [0.1, 0.15) is 25.8 Å². The van der Waals surface area contributed by atoms with Crippen LogP contribution < -0.4 is 11.1 Å². The molecule has 0 radical (unpaired) electrons. The van der Waals surface area contributed by atoms with Gasteiger partial charge in [0.2, 0.25) is 5.91 Å². The number of amides is 1. The standard InChI is InChI=1S/C17H24F2N2O4/c1-11(2)8-13(20)15(22)21-14(10-25-17(18)19)16(23)24-9-12-6-4-3-5-7-12/h3-7,11,13-14,17H,8-10,20H2,1-2H3,(H,21,22)/t13-,14-/m0/s1. The van der Waals surface area contributed by atoms with Gasteiger partial charge in [0.1, 0.15) is 6.61 Å². The van der Waals surface area contributed by atoms with Crippen LogP contribution in [0.2, 0.25) is 0 Å². The zero-order chi connectivity index (χ0) is 18.8. The summed E-state index contributed by atoms with van der Waals surface area (Å²) in [5.74, 6) is -1.32. The highest BCUT2D eigenvalue weighted by Crippen LogP contribution is 2.06. The number of hydrogen-bond donors (Lipinski definition) is 2. The zero-order valence-corrected chi connectivity index (χ0v) is 14.3. The second-order valence-electron chi connectivity index (χ2n) is 5.98. The topological polar surface area (TPSA) is 90.7 Å². The van der Waals surface area contributed by atoms with Gasteiger partial charge in [0, 0.05) is 0 Å². The van der Waals surface area contributed by atoms with E-state index in [1.54, 1.807) is 30.3 Å². The average Bonchev–Trinajstić information content (AvgIpc) is 2.56. The molecule has 0 aliphatic heterocycles. The summed E-state index contributed by atoms with van der Waals surface area (Å²) < 4.78 is 33.7. The lowest BCUT2D eigenvalue weighted by molar-refractivity contribution is -0.161. The van der Waals surface area contributed by atoms with Crippen LogP contribution in [0.4, 0.5) is 8.78 Å². The van der Waals surface area contributed by atoms with Gasteiger partial charge in [0.05, 0.1) is 12.6 Å². The minimum absolute atomic E-state index is 0.0429. The van der Waals surface area contributed by atoms with E-state index in [1.165, 1.54) is 0 Å². The third kappa shape index (κ3) is 8.55. The van der Waals surface area contributed by atoms with E-state index in [4.69, 9.17) is 10.5 Å². The fourth-order valence-corrected chi connectivity index (χ4v) is 2.06. The Labute approximate surface area is 145 Å². The number of nitrogens with two attached hydrogens (primary N) is 1. The SMILES string of the molecule is CC(C)C[C@H](N)C(=O)N[C@@H](COC(F)F)C(=O)OCc1ccccc1. The van der Waals surface area contributed by atoms with Gasteiger partial charge < -0.3 is 20.5 Å². The molecule has 0 aliphatic carbocycles. The highest BCUT2D eigenvalue weighted by Gasteiger charge is 2.26. The highest BCUT2D eigenvalue weighted by molar-refractivity contribution is 5.87. The number of rotatable bonds is 10. The molecule has 1 aromatic carbocycles. The first-order chi connectivity index (χ1) is 11.8. The van der Waals surface area contributed by atoms with E-state index < -0.39 is 37.2 Å². The Kier molecular flexibility index (Phi) is 9.01. The van der Waals surface area contributed by atoms with Crippen molar-refractivity contribution in [3.05, 3.63) is 35.9 Å². The van der Waals surface area contributed by atoms with Gasteiger partial charge in [-0.2, -0.15) is 8.78 Å². The number of hydrogen-bond acceptors (Lipinski definition) is 5. The predicted octanol–water partition coefficient (Wildman–Crippen LogP) is 1.83. The molecule has 0 unspecified atom stereocenters. The molecule has 3 N–H and O–H groups in total. The molecular weight excluding hydrogens is 334 g/mol. The van der Waals surface area contributed by atoms with E-state index in [9.17, 15) is 18.4 Å². The van der Waals surface area contributed by atoms with Gasteiger partial charge in [0.25, 0.3) is 0 Å². The van der Waals surface area contributed by atoms with E-state index in [0.29, 0.717) is 6.42 Å². The molecule has 1 aromatic rings. The van der Waals surface area contributed by atoms with Crippen LogP contribution in [-0.4, -0.2) is 37.2 Å². The van der Waals surface area contributed by atoms with Gasteiger partial charge in [-0.15, -0.1) is 0 Å². The van der Waals surface area contributed by atoms with Gasteiger partial charge in [-0.3, -0.25) is 4.79 Å². The molecule has 0 aliphatic rings. The van der Waals surface area contributed by atoms with Crippen molar-refractivity contribution in [2.45, 2.75) is 45.6 Å². The normalized spacial score (nSPS) is 13.6. The first-order valence-corrected chi connectivity index (χ1v) is 7.95. The van der Waals surface area contributed by atoms with E-state index in [-0.39, 0.29) is 12.5 Å². The summed E-state index contributed by atoms with van der Waals surface area (Å²) in [6.07, 6.45) is 0.396. The van der Waals surface area contributed by atoms with Crippen molar-refractivity contribution in [2.75, 3.05) is 6.61 Å². The van der Waals surface area contributed by atoms with E-state index in [0.717, 1.165) is 5.56 Å². The molecule has 0 saturated heterocycles. The molecule has 0 heterocycles. The van der Waals surface area contributed by atoms with E-state index >= 15 is 0 Å². The van der Waals surface area contributed by atoms with Gasteiger partial charge in [0.15, 0.2) is 6.04 Å². The van der Waals surface area contributed by atoms with Crippen LogP contribution in [0.3, 0.4) is 0 Å². The average molecular weight is 358 g/mol. The van der Waals surface area contributed by atoms with Gasteiger partial charge in [-0.25, -0.2) is 4.79 Å². The molecule has 0 bridgehead atoms. The van der Waals surface area contributed by atoms with Crippen molar-refractivity contribution in [2.24, 2.45) is 11.7 Å². The van der Waals surface area contributed by atoms with Crippen molar-refractivity contribution in [3.8, 4) is 0 Å². The van der Waals surface area contributed by atoms with E-state index in [1.807, 2.05) is 13.8 Å². The third-order valence-corrected chi connectivity index (χ3v) is 3.28. The number of benzene rings is 1. The molecule has 6 nitrogen and oxygen atoms in total. The summed E-state index contributed by atoms with van der Waals surface area (Å²) in [6.45, 7) is -0.0349. The molecule has 25 heavy (non-hydrogen) atoms. The molecule has 0 fully saturated rings. The Morgan fingerprint density at radius 2 is 1.84 bits per heavy atom. The molecule has 0 spiro atoms. The van der Waals surface area contributed by atoms with Crippen molar-refractivity contribution >= 4 is 11.9 Å². The molecule has 0 saturated carbocycles. The lowest BCUT2D eigenvalue weighted by atomic mass is 10.0. The number of carbonyl (C=O) groups excluding carboxylic acids is 2. The number of ether oxygens (including phenoxy) is 2. The Morgan fingerprint density at radius 3 is 2.40 bits per heavy atom. The molecule has 2 atom stereocenters. The van der Waals surface area contributed by atoms with Crippen LogP contribution in [0, 0.1) is 5.92 Å². The second kappa shape index (κ2) is 10.7. The van der Waals surface area contributed by atoms with Crippen LogP contribution >= 0.6 is 0 Å². The molecular formula is C17H24F2N2O4. The Morgan fingerprint density at radius 1 is 1.20 bits per heavy atom. The summed E-state index contributed by atoms with van der Waals surface area (Å²) in [4.78, 5) is 24.1. The van der Waals surface area contributed by atoms with Crippen LogP contribution in [-0.2, 0) is 25.7 Å². The van der Waals surface area contributed by atoms with Crippen molar-refractivity contribution < 1.29 is 27.8 Å². The van der Waals surface area contributed by atoms with Gasteiger partial charge in [-0.05, 0) is 17.9 Å². The summed E-state index contributed by atoms with van der Waals surface area (Å²) in [7, 11) is 0. The summed E-state index contributed by atoms with van der Waals surface area (Å²) >= 11 is 0. The third-order valence-electron chi connectivity index (χ3n) is 3.28. The lowest BCUT2D eigenvalue weighted by Gasteiger charge is -2.20. The number of nitrogens with one attached hydrogen (secondary N) is 1. The summed E-state index contributed by atoms with van der Waals surface area (Å²) in [5.41, 5.74) is 6.46. The number of alkyl halides is 2. The predicted molar refractivity (Wildman–Crippen MR) is 87.6 cm³/mol. The Hall–Kier alpha value is -2.06. The second-order valence-corrected chi connectivity index (χ2v) is 5.98. The first kappa shape index (κ1) is 21.0. The molecule has 8 heteroatoms. The van der Waals surface area contributed by atoms with Gasteiger partial charge >= 0.3 is 12.6 Å². The largest absolute Gasteiger partial charge is 0.459 e. The number of carbonyl (C=O) groups is 2. The zero-order valence-electron chi connectivity index (χ0n) is 14.3. The van der Waals surface area contributed by atoms with Crippen molar-refractivity contribution in [1.29, 1.82) is 0 Å². The first-order valence-electron chi connectivity index (χ1n) is 7.95. The van der Waals surface area contributed by atoms with E-state index in [2.05, 4.69) is 10.1 Å². The van der Waals surface area contributed by atoms with Crippen LogP contribution in [0.15, 0.2) is 30.3 Å². The summed E-state index contributed by atoms with van der Waals surface area (Å²) in [5, 5.41) is 2.32. The van der Waals surface area contributed by atoms with Crippen LogP contribution in [0.25, 0.3) is 0 Å². The number of halogens is 2. The highest BCUT2D eigenvalue weighted by atomic mass is 19.3. The van der Waals surface area contributed by atoms with Gasteiger partial charge in [-0.1, -0.05) is 44.2 Å². The fraction of sp³-hybridized carbons (Fsp3) is 0.529. The Bertz CT molecular complexity index is 541. The Balaban J connectivity index is 2.64. The monoisotopic (exact) mass is 358 g/mol. The fourth-order valence-electron chi connectivity index (χ4n) is 2.06. The smallest absolute Gasteiger partial charge is 0.345 e. The summed E-state index contributed by atoms with van der Waals surface area (Å²) in [6, 6.07) is 6.63. The minimum Gasteiger partial charge on any atom is -0.459 e. The maximum atomic E-state index is 12.3. The number of esters is 1.